The fraction of sp³-hybridized carbons (Fsp3) is 0.263. The molecule has 0 bridgehead atoms. The second-order valence-electron chi connectivity index (χ2n) is 6.47. The molecule has 0 radical (unpaired) electrons. The SMILES string of the molecule is CC(C)(C)c1nc(-c2ccc(OCc3ccccc3)cc2)no1. The highest BCUT2D eigenvalue weighted by Crippen LogP contribution is 2.25. The lowest BCUT2D eigenvalue weighted by molar-refractivity contribution is 0.306. The van der Waals surface area contributed by atoms with Gasteiger partial charge in [0.1, 0.15) is 12.4 Å². The van der Waals surface area contributed by atoms with Crippen molar-refractivity contribution in [1.29, 1.82) is 0 Å². The Morgan fingerprint density at radius 1 is 0.957 bits per heavy atom. The second kappa shape index (κ2) is 6.24. The van der Waals surface area contributed by atoms with Crippen LogP contribution in [-0.2, 0) is 12.0 Å². The number of aromatic nitrogens is 2. The molecule has 23 heavy (non-hydrogen) atoms. The average molecular weight is 308 g/mol. The van der Waals surface area contributed by atoms with Crippen LogP contribution in [0.2, 0.25) is 0 Å². The third kappa shape index (κ3) is 3.77. The van der Waals surface area contributed by atoms with Gasteiger partial charge in [0.25, 0.3) is 0 Å². The molecular formula is C19H20N2O2. The van der Waals surface area contributed by atoms with Gasteiger partial charge in [0.2, 0.25) is 11.7 Å². The minimum Gasteiger partial charge on any atom is -0.489 e. The van der Waals surface area contributed by atoms with Gasteiger partial charge in [0.05, 0.1) is 0 Å². The highest BCUT2D eigenvalue weighted by Gasteiger charge is 2.22. The standard InChI is InChI=1S/C19H20N2O2/c1-19(2,3)18-20-17(21-23-18)15-9-11-16(12-10-15)22-13-14-7-5-4-6-8-14/h4-12H,13H2,1-3H3. The van der Waals surface area contributed by atoms with Crippen molar-refractivity contribution in [2.75, 3.05) is 0 Å². The maximum Gasteiger partial charge on any atom is 0.232 e. The number of rotatable bonds is 4. The Hall–Kier alpha value is -2.62. The molecular weight excluding hydrogens is 288 g/mol. The summed E-state index contributed by atoms with van der Waals surface area (Å²) >= 11 is 0. The van der Waals surface area contributed by atoms with E-state index in [0.717, 1.165) is 16.9 Å². The molecule has 0 aliphatic carbocycles. The Bertz CT molecular complexity index is 756. The van der Waals surface area contributed by atoms with Crippen LogP contribution in [0, 0.1) is 0 Å². The van der Waals surface area contributed by atoms with Crippen molar-refractivity contribution in [2.24, 2.45) is 0 Å². The topological polar surface area (TPSA) is 48.2 Å². The fourth-order valence-corrected chi connectivity index (χ4v) is 2.09. The molecule has 0 fully saturated rings. The van der Waals surface area contributed by atoms with E-state index in [-0.39, 0.29) is 5.41 Å². The van der Waals surface area contributed by atoms with E-state index in [4.69, 9.17) is 9.26 Å². The van der Waals surface area contributed by atoms with Gasteiger partial charge in [-0.25, -0.2) is 0 Å². The van der Waals surface area contributed by atoms with Crippen LogP contribution in [-0.4, -0.2) is 10.1 Å². The molecule has 4 nitrogen and oxygen atoms in total. The summed E-state index contributed by atoms with van der Waals surface area (Å²) in [5.41, 5.74) is 1.91. The van der Waals surface area contributed by atoms with E-state index in [1.54, 1.807) is 0 Å². The van der Waals surface area contributed by atoms with Crippen molar-refractivity contribution in [1.82, 2.24) is 10.1 Å². The predicted molar refractivity (Wildman–Crippen MR) is 89.2 cm³/mol. The largest absolute Gasteiger partial charge is 0.489 e. The van der Waals surface area contributed by atoms with Crippen molar-refractivity contribution < 1.29 is 9.26 Å². The summed E-state index contributed by atoms with van der Waals surface area (Å²) in [4.78, 5) is 4.46. The zero-order chi connectivity index (χ0) is 16.3. The zero-order valence-electron chi connectivity index (χ0n) is 13.6. The molecule has 0 spiro atoms. The lowest BCUT2D eigenvalue weighted by Crippen LogP contribution is -2.11. The highest BCUT2D eigenvalue weighted by molar-refractivity contribution is 5.55. The molecule has 1 heterocycles. The van der Waals surface area contributed by atoms with Crippen molar-refractivity contribution in [2.45, 2.75) is 32.8 Å². The van der Waals surface area contributed by atoms with Gasteiger partial charge in [-0.2, -0.15) is 4.98 Å². The summed E-state index contributed by atoms with van der Waals surface area (Å²) in [5, 5.41) is 4.05. The first-order chi connectivity index (χ1) is 11.0. The molecule has 0 aliphatic heterocycles. The molecule has 2 aromatic carbocycles. The lowest BCUT2D eigenvalue weighted by Gasteiger charge is -2.10. The number of hydrogen-bond donors (Lipinski definition) is 0. The molecule has 0 aliphatic rings. The van der Waals surface area contributed by atoms with Crippen molar-refractivity contribution in [3.05, 3.63) is 66.1 Å². The van der Waals surface area contributed by atoms with Gasteiger partial charge >= 0.3 is 0 Å². The Kier molecular flexibility index (Phi) is 4.15. The summed E-state index contributed by atoms with van der Waals surface area (Å²) in [6.07, 6.45) is 0. The van der Waals surface area contributed by atoms with Crippen molar-refractivity contribution in [3.63, 3.8) is 0 Å². The number of benzene rings is 2. The number of nitrogens with zero attached hydrogens (tertiary/aromatic N) is 2. The summed E-state index contributed by atoms with van der Waals surface area (Å²) in [6.45, 7) is 6.69. The Labute approximate surface area is 136 Å². The minimum absolute atomic E-state index is 0.149. The normalized spacial score (nSPS) is 11.4. The maximum atomic E-state index is 5.78. The predicted octanol–water partition coefficient (Wildman–Crippen LogP) is 4.61. The van der Waals surface area contributed by atoms with E-state index in [0.29, 0.717) is 18.3 Å². The van der Waals surface area contributed by atoms with E-state index in [1.807, 2.05) is 75.4 Å². The summed E-state index contributed by atoms with van der Waals surface area (Å²) in [7, 11) is 0. The Balaban J connectivity index is 1.68. The Morgan fingerprint density at radius 3 is 2.26 bits per heavy atom. The van der Waals surface area contributed by atoms with Crippen LogP contribution in [0.1, 0.15) is 32.2 Å². The summed E-state index contributed by atoms with van der Waals surface area (Å²) in [5.74, 6) is 2.05. The zero-order valence-corrected chi connectivity index (χ0v) is 13.6. The van der Waals surface area contributed by atoms with Gasteiger partial charge < -0.3 is 9.26 Å². The third-order valence-corrected chi connectivity index (χ3v) is 3.43. The molecule has 0 saturated carbocycles. The van der Waals surface area contributed by atoms with Gasteiger partial charge in [0.15, 0.2) is 0 Å². The van der Waals surface area contributed by atoms with Crippen molar-refractivity contribution >= 4 is 0 Å². The monoisotopic (exact) mass is 308 g/mol. The smallest absolute Gasteiger partial charge is 0.232 e. The lowest BCUT2D eigenvalue weighted by atomic mass is 9.97. The molecule has 4 heteroatoms. The third-order valence-electron chi connectivity index (χ3n) is 3.43. The maximum absolute atomic E-state index is 5.78. The molecule has 0 unspecified atom stereocenters. The van der Waals surface area contributed by atoms with Crippen LogP contribution in [0.3, 0.4) is 0 Å². The molecule has 118 valence electrons. The quantitative estimate of drug-likeness (QED) is 0.706. The molecule has 1 aromatic heterocycles. The van der Waals surface area contributed by atoms with Gasteiger partial charge in [-0.15, -0.1) is 0 Å². The number of hydrogen-bond acceptors (Lipinski definition) is 4. The highest BCUT2D eigenvalue weighted by atomic mass is 16.5. The van der Waals surface area contributed by atoms with Gasteiger partial charge in [0, 0.05) is 11.0 Å². The van der Waals surface area contributed by atoms with E-state index in [9.17, 15) is 0 Å². The average Bonchev–Trinajstić information content (AvgIpc) is 3.05. The van der Waals surface area contributed by atoms with Crippen molar-refractivity contribution in [3.8, 4) is 17.1 Å². The minimum atomic E-state index is -0.149. The van der Waals surface area contributed by atoms with Gasteiger partial charge in [-0.05, 0) is 29.8 Å². The first kappa shape index (κ1) is 15.3. The molecule has 0 saturated heterocycles. The van der Waals surface area contributed by atoms with E-state index in [2.05, 4.69) is 10.1 Å². The van der Waals surface area contributed by atoms with Crippen LogP contribution < -0.4 is 4.74 Å². The Morgan fingerprint density at radius 2 is 1.65 bits per heavy atom. The molecule has 3 rings (SSSR count). The van der Waals surface area contributed by atoms with E-state index < -0.39 is 0 Å². The first-order valence-electron chi connectivity index (χ1n) is 7.64. The summed E-state index contributed by atoms with van der Waals surface area (Å²) in [6, 6.07) is 17.8. The fourth-order valence-electron chi connectivity index (χ4n) is 2.09. The van der Waals surface area contributed by atoms with Crippen LogP contribution in [0.25, 0.3) is 11.4 Å². The molecule has 0 atom stereocenters. The molecule has 0 amide bonds. The van der Waals surface area contributed by atoms with Crippen LogP contribution in [0.5, 0.6) is 5.75 Å². The van der Waals surface area contributed by atoms with Crippen LogP contribution >= 0.6 is 0 Å². The first-order valence-corrected chi connectivity index (χ1v) is 7.64. The van der Waals surface area contributed by atoms with Crippen LogP contribution in [0.4, 0.5) is 0 Å². The van der Waals surface area contributed by atoms with Gasteiger partial charge in [-0.3, -0.25) is 0 Å². The molecule has 0 N–H and O–H groups in total. The van der Waals surface area contributed by atoms with Crippen LogP contribution in [0.15, 0.2) is 59.1 Å². The van der Waals surface area contributed by atoms with E-state index in [1.165, 1.54) is 0 Å². The van der Waals surface area contributed by atoms with E-state index >= 15 is 0 Å². The molecule has 3 aromatic rings. The second-order valence-corrected chi connectivity index (χ2v) is 6.47. The number of ether oxygens (including phenoxy) is 1. The summed E-state index contributed by atoms with van der Waals surface area (Å²) < 4.78 is 11.1. The van der Waals surface area contributed by atoms with Gasteiger partial charge in [-0.1, -0.05) is 56.3 Å².